The molecule has 0 radical (unpaired) electrons. The van der Waals surface area contributed by atoms with Crippen molar-refractivity contribution in [2.45, 2.75) is 39.7 Å². The first-order valence-corrected chi connectivity index (χ1v) is 8.35. The first kappa shape index (κ1) is 16.6. The van der Waals surface area contributed by atoms with Crippen molar-refractivity contribution in [1.29, 1.82) is 0 Å². The fraction of sp³-hybridized carbons (Fsp3) is 0.818. The van der Waals surface area contributed by atoms with Crippen LogP contribution in [0.5, 0.6) is 0 Å². The van der Waals surface area contributed by atoms with Crippen LogP contribution in [0.4, 0.5) is 0 Å². The summed E-state index contributed by atoms with van der Waals surface area (Å²) in [5, 5.41) is 5.59. The van der Waals surface area contributed by atoms with Gasteiger partial charge in [0.05, 0.1) is 0 Å². The van der Waals surface area contributed by atoms with E-state index >= 15 is 0 Å². The Labute approximate surface area is 111 Å². The smallest absolute Gasteiger partial charge is 0.221 e. The summed E-state index contributed by atoms with van der Waals surface area (Å²) in [7, 11) is 3.29. The highest BCUT2D eigenvalue weighted by atomic mass is 33.1. The molecule has 100 valence electrons. The summed E-state index contributed by atoms with van der Waals surface area (Å²) in [4.78, 5) is 22.4. The minimum atomic E-state index is 0.0943. The summed E-state index contributed by atoms with van der Waals surface area (Å²) in [5.74, 6) is 1.77. The van der Waals surface area contributed by atoms with E-state index in [1.165, 1.54) is 0 Å². The largest absolute Gasteiger partial charge is 0.356 e. The van der Waals surface area contributed by atoms with E-state index in [1.807, 2.05) is 20.8 Å². The number of rotatable bonds is 9. The lowest BCUT2D eigenvalue weighted by Gasteiger charge is -2.07. The molecule has 0 saturated heterocycles. The molecule has 0 atom stereocenters. The van der Waals surface area contributed by atoms with E-state index in [-0.39, 0.29) is 17.9 Å². The van der Waals surface area contributed by atoms with Crippen molar-refractivity contribution < 1.29 is 9.59 Å². The van der Waals surface area contributed by atoms with Gasteiger partial charge in [-0.3, -0.25) is 9.59 Å². The SMILES string of the molecule is CCNC(=O)CCSSCCC(=O)NC(C)C. The normalized spacial score (nSPS) is 10.4. The molecule has 0 aliphatic rings. The van der Waals surface area contributed by atoms with Gasteiger partial charge < -0.3 is 10.6 Å². The number of hydrogen-bond donors (Lipinski definition) is 2. The predicted molar refractivity (Wildman–Crippen MR) is 76.1 cm³/mol. The molecule has 2 amide bonds. The van der Waals surface area contributed by atoms with Crippen molar-refractivity contribution in [3.05, 3.63) is 0 Å². The minimum Gasteiger partial charge on any atom is -0.356 e. The van der Waals surface area contributed by atoms with Crippen LogP contribution in [-0.4, -0.2) is 35.9 Å². The maximum absolute atomic E-state index is 11.3. The van der Waals surface area contributed by atoms with Crippen LogP contribution < -0.4 is 10.6 Å². The van der Waals surface area contributed by atoms with Crippen LogP contribution in [0.3, 0.4) is 0 Å². The molecule has 0 aliphatic carbocycles. The van der Waals surface area contributed by atoms with Crippen LogP contribution in [0.2, 0.25) is 0 Å². The lowest BCUT2D eigenvalue weighted by molar-refractivity contribution is -0.121. The Kier molecular flexibility index (Phi) is 10.5. The van der Waals surface area contributed by atoms with Crippen LogP contribution in [-0.2, 0) is 9.59 Å². The zero-order chi connectivity index (χ0) is 13.1. The Morgan fingerprint density at radius 2 is 1.59 bits per heavy atom. The fourth-order valence-corrected chi connectivity index (χ4v) is 3.05. The second-order valence-corrected chi connectivity index (χ2v) is 6.52. The van der Waals surface area contributed by atoms with Crippen LogP contribution in [0.1, 0.15) is 33.6 Å². The summed E-state index contributed by atoms with van der Waals surface area (Å²) in [6, 6.07) is 0.206. The average molecular weight is 278 g/mol. The summed E-state index contributed by atoms with van der Waals surface area (Å²) in [5.41, 5.74) is 0. The van der Waals surface area contributed by atoms with Crippen LogP contribution in [0, 0.1) is 0 Å². The van der Waals surface area contributed by atoms with Gasteiger partial charge in [-0.15, -0.1) is 0 Å². The first-order chi connectivity index (χ1) is 8.06. The molecule has 0 bridgehead atoms. The zero-order valence-corrected chi connectivity index (χ0v) is 12.4. The van der Waals surface area contributed by atoms with Crippen molar-refractivity contribution >= 4 is 33.4 Å². The number of carbonyl (C=O) groups excluding carboxylic acids is 2. The number of carbonyl (C=O) groups is 2. The van der Waals surface area contributed by atoms with Gasteiger partial charge in [0, 0.05) is 36.9 Å². The molecule has 6 heteroatoms. The summed E-state index contributed by atoms with van der Waals surface area (Å²) in [6.07, 6.45) is 1.08. The predicted octanol–water partition coefficient (Wildman–Crippen LogP) is 1.81. The Bertz CT molecular complexity index is 236. The molecule has 0 rings (SSSR count). The van der Waals surface area contributed by atoms with Crippen LogP contribution >= 0.6 is 21.6 Å². The lowest BCUT2D eigenvalue weighted by Crippen LogP contribution is -2.30. The van der Waals surface area contributed by atoms with Gasteiger partial charge in [-0.25, -0.2) is 0 Å². The van der Waals surface area contributed by atoms with Crippen molar-refractivity contribution in [1.82, 2.24) is 10.6 Å². The zero-order valence-electron chi connectivity index (χ0n) is 10.7. The number of nitrogens with one attached hydrogen (secondary N) is 2. The molecule has 4 nitrogen and oxygen atoms in total. The Balaban J connectivity index is 3.29. The maximum Gasteiger partial charge on any atom is 0.221 e. The highest BCUT2D eigenvalue weighted by Crippen LogP contribution is 2.22. The minimum absolute atomic E-state index is 0.0943. The molecule has 0 aliphatic heterocycles. The summed E-state index contributed by atoms with van der Waals surface area (Å²) >= 11 is 0. The standard InChI is InChI=1S/C11H22N2O2S2/c1-4-12-10(14)5-7-16-17-8-6-11(15)13-9(2)3/h9H,4-8H2,1-3H3,(H,12,14)(H,13,15). The second kappa shape index (κ2) is 10.8. The Hall–Kier alpha value is -0.360. The van der Waals surface area contributed by atoms with Gasteiger partial charge in [-0.2, -0.15) is 0 Å². The highest BCUT2D eigenvalue weighted by Gasteiger charge is 2.03. The van der Waals surface area contributed by atoms with Crippen LogP contribution in [0.15, 0.2) is 0 Å². The third-order valence-electron chi connectivity index (χ3n) is 1.73. The Morgan fingerprint density at radius 3 is 2.06 bits per heavy atom. The molecule has 0 unspecified atom stereocenters. The summed E-state index contributed by atoms with van der Waals surface area (Å²) < 4.78 is 0. The van der Waals surface area contributed by atoms with Crippen LogP contribution in [0.25, 0.3) is 0 Å². The number of hydrogen-bond acceptors (Lipinski definition) is 4. The monoisotopic (exact) mass is 278 g/mol. The third kappa shape index (κ3) is 11.9. The third-order valence-corrected chi connectivity index (χ3v) is 4.14. The molecule has 0 aromatic heterocycles. The average Bonchev–Trinajstić information content (AvgIpc) is 2.22. The molecule has 0 saturated carbocycles. The molecule has 2 N–H and O–H groups in total. The van der Waals surface area contributed by atoms with E-state index in [4.69, 9.17) is 0 Å². The first-order valence-electron chi connectivity index (χ1n) is 5.86. The van der Waals surface area contributed by atoms with Crippen molar-refractivity contribution in [2.75, 3.05) is 18.1 Å². The summed E-state index contributed by atoms with van der Waals surface area (Å²) in [6.45, 7) is 6.50. The maximum atomic E-state index is 11.3. The molecular formula is C11H22N2O2S2. The molecule has 0 heterocycles. The quantitative estimate of drug-likeness (QED) is 0.499. The lowest BCUT2D eigenvalue weighted by atomic mass is 10.3. The molecular weight excluding hydrogens is 256 g/mol. The number of amides is 2. The van der Waals surface area contributed by atoms with Gasteiger partial charge >= 0.3 is 0 Å². The van der Waals surface area contributed by atoms with Crippen molar-refractivity contribution in [3.8, 4) is 0 Å². The fourth-order valence-electron chi connectivity index (χ4n) is 1.07. The van der Waals surface area contributed by atoms with Gasteiger partial charge in [0.25, 0.3) is 0 Å². The topological polar surface area (TPSA) is 58.2 Å². The highest BCUT2D eigenvalue weighted by molar-refractivity contribution is 8.76. The molecule has 0 aromatic rings. The Morgan fingerprint density at radius 1 is 1.06 bits per heavy atom. The molecule has 17 heavy (non-hydrogen) atoms. The van der Waals surface area contributed by atoms with Gasteiger partial charge in [-0.1, -0.05) is 21.6 Å². The van der Waals surface area contributed by atoms with E-state index in [0.717, 1.165) is 11.5 Å². The van der Waals surface area contributed by atoms with E-state index in [0.29, 0.717) is 19.4 Å². The molecule has 0 spiro atoms. The van der Waals surface area contributed by atoms with Gasteiger partial charge in [-0.05, 0) is 20.8 Å². The van der Waals surface area contributed by atoms with E-state index in [9.17, 15) is 9.59 Å². The van der Waals surface area contributed by atoms with Crippen molar-refractivity contribution in [3.63, 3.8) is 0 Å². The second-order valence-electron chi connectivity index (χ2n) is 3.82. The van der Waals surface area contributed by atoms with E-state index < -0.39 is 0 Å². The van der Waals surface area contributed by atoms with Gasteiger partial charge in [0.2, 0.25) is 11.8 Å². The van der Waals surface area contributed by atoms with Gasteiger partial charge in [0.1, 0.15) is 0 Å². The van der Waals surface area contributed by atoms with E-state index in [1.54, 1.807) is 21.6 Å². The van der Waals surface area contributed by atoms with Gasteiger partial charge in [0.15, 0.2) is 0 Å². The molecule has 0 fully saturated rings. The van der Waals surface area contributed by atoms with E-state index in [2.05, 4.69) is 10.6 Å². The van der Waals surface area contributed by atoms with Crippen molar-refractivity contribution in [2.24, 2.45) is 0 Å². The molecule has 0 aromatic carbocycles.